The van der Waals surface area contributed by atoms with Crippen molar-refractivity contribution in [3.05, 3.63) is 0 Å². The van der Waals surface area contributed by atoms with Crippen molar-refractivity contribution in [1.82, 2.24) is 0 Å². The molecule has 2 fully saturated rings. The summed E-state index contributed by atoms with van der Waals surface area (Å²) in [5.41, 5.74) is 0.441. The van der Waals surface area contributed by atoms with E-state index in [2.05, 4.69) is 13.8 Å². The molecule has 2 rings (SSSR count). The molecular formula is C11H19ClO. The van der Waals surface area contributed by atoms with Crippen molar-refractivity contribution in [3.63, 3.8) is 0 Å². The highest BCUT2D eigenvalue weighted by atomic mass is 35.5. The molecule has 0 radical (unpaired) electrons. The third-order valence-corrected chi connectivity index (χ3v) is 4.15. The Balaban J connectivity index is 1.84. The minimum absolute atomic E-state index is 0.326. The molecule has 1 nitrogen and oxygen atoms in total. The summed E-state index contributed by atoms with van der Waals surface area (Å²) in [6, 6.07) is 0. The maximum Gasteiger partial charge on any atom is 0.0585 e. The highest BCUT2D eigenvalue weighted by molar-refractivity contribution is 6.21. The molecule has 13 heavy (non-hydrogen) atoms. The van der Waals surface area contributed by atoms with Crippen molar-refractivity contribution in [2.45, 2.75) is 63.5 Å². The lowest BCUT2D eigenvalue weighted by atomic mass is 9.94. The largest absolute Gasteiger partial charge is 0.375 e. The van der Waals surface area contributed by atoms with Crippen LogP contribution in [-0.2, 0) is 4.74 Å². The van der Waals surface area contributed by atoms with Gasteiger partial charge >= 0.3 is 0 Å². The molecule has 2 aliphatic rings. The van der Waals surface area contributed by atoms with E-state index in [-0.39, 0.29) is 0 Å². The Morgan fingerprint density at radius 1 is 1.46 bits per heavy atom. The van der Waals surface area contributed by atoms with Crippen molar-refractivity contribution in [1.29, 1.82) is 0 Å². The second-order valence-electron chi connectivity index (χ2n) is 4.83. The predicted molar refractivity (Wildman–Crippen MR) is 55.2 cm³/mol. The molecule has 1 aliphatic carbocycles. The van der Waals surface area contributed by atoms with Crippen LogP contribution < -0.4 is 0 Å². The van der Waals surface area contributed by atoms with Crippen LogP contribution in [0.1, 0.15) is 46.0 Å². The smallest absolute Gasteiger partial charge is 0.0585 e. The summed E-state index contributed by atoms with van der Waals surface area (Å²) in [4.78, 5) is 0. The zero-order valence-corrected chi connectivity index (χ0v) is 9.31. The Morgan fingerprint density at radius 2 is 2.15 bits per heavy atom. The van der Waals surface area contributed by atoms with E-state index in [1.807, 2.05) is 0 Å². The van der Waals surface area contributed by atoms with Crippen molar-refractivity contribution < 1.29 is 4.74 Å². The van der Waals surface area contributed by atoms with Crippen LogP contribution in [0.15, 0.2) is 0 Å². The Bertz CT molecular complexity index is 187. The summed E-state index contributed by atoms with van der Waals surface area (Å²) < 4.78 is 5.83. The molecule has 3 unspecified atom stereocenters. The summed E-state index contributed by atoms with van der Waals surface area (Å²) >= 11 is 6.19. The maximum absolute atomic E-state index is 6.19. The third kappa shape index (κ3) is 2.02. The SMILES string of the molecule is CC1CCC(CC2(C(C)Cl)CC2)O1. The first-order chi connectivity index (χ1) is 6.12. The Morgan fingerprint density at radius 3 is 2.54 bits per heavy atom. The molecular weight excluding hydrogens is 184 g/mol. The molecule has 0 bridgehead atoms. The number of hydrogen-bond donors (Lipinski definition) is 0. The quantitative estimate of drug-likeness (QED) is 0.638. The molecule has 1 heterocycles. The molecule has 1 saturated carbocycles. The first kappa shape index (κ1) is 9.79. The summed E-state index contributed by atoms with van der Waals surface area (Å²) in [6.45, 7) is 4.30. The summed E-state index contributed by atoms with van der Waals surface area (Å²) in [6.07, 6.45) is 7.27. The number of ether oxygens (including phenoxy) is 1. The van der Waals surface area contributed by atoms with E-state index in [4.69, 9.17) is 16.3 Å². The molecule has 1 saturated heterocycles. The van der Waals surface area contributed by atoms with Gasteiger partial charge in [0.1, 0.15) is 0 Å². The van der Waals surface area contributed by atoms with Crippen LogP contribution in [0.2, 0.25) is 0 Å². The number of hydrogen-bond acceptors (Lipinski definition) is 1. The van der Waals surface area contributed by atoms with Crippen LogP contribution in [0.5, 0.6) is 0 Å². The molecule has 1 aliphatic heterocycles. The standard InChI is InChI=1S/C11H19ClO/c1-8-3-4-10(13-8)7-11(5-6-11)9(2)12/h8-10H,3-7H2,1-2H3. The van der Waals surface area contributed by atoms with Crippen molar-refractivity contribution in [3.8, 4) is 0 Å². The lowest BCUT2D eigenvalue weighted by Gasteiger charge is -2.21. The van der Waals surface area contributed by atoms with Crippen molar-refractivity contribution in [2.75, 3.05) is 0 Å². The van der Waals surface area contributed by atoms with E-state index >= 15 is 0 Å². The zero-order valence-electron chi connectivity index (χ0n) is 8.55. The molecule has 2 heteroatoms. The van der Waals surface area contributed by atoms with Crippen LogP contribution in [0.25, 0.3) is 0 Å². The van der Waals surface area contributed by atoms with Crippen LogP contribution in [-0.4, -0.2) is 17.6 Å². The number of halogens is 1. The Kier molecular flexibility index (Phi) is 2.59. The fourth-order valence-electron chi connectivity index (χ4n) is 2.41. The van der Waals surface area contributed by atoms with Gasteiger partial charge in [-0.2, -0.15) is 0 Å². The van der Waals surface area contributed by atoms with E-state index in [9.17, 15) is 0 Å². The molecule has 0 aromatic heterocycles. The van der Waals surface area contributed by atoms with E-state index in [1.54, 1.807) is 0 Å². The topological polar surface area (TPSA) is 9.23 Å². The third-order valence-electron chi connectivity index (χ3n) is 3.69. The minimum Gasteiger partial charge on any atom is -0.375 e. The highest BCUT2D eigenvalue weighted by Gasteiger charge is 2.48. The van der Waals surface area contributed by atoms with Crippen molar-refractivity contribution >= 4 is 11.6 Å². The lowest BCUT2D eigenvalue weighted by molar-refractivity contribution is 0.0378. The zero-order chi connectivity index (χ0) is 9.47. The number of alkyl halides is 1. The highest BCUT2D eigenvalue weighted by Crippen LogP contribution is 2.55. The fraction of sp³-hybridized carbons (Fsp3) is 1.00. The normalized spacial score (nSPS) is 39.0. The van der Waals surface area contributed by atoms with Gasteiger partial charge in [-0.25, -0.2) is 0 Å². The fourth-order valence-corrected chi connectivity index (χ4v) is 2.72. The van der Waals surface area contributed by atoms with Crippen LogP contribution in [0.3, 0.4) is 0 Å². The monoisotopic (exact) mass is 202 g/mol. The maximum atomic E-state index is 6.19. The van der Waals surface area contributed by atoms with Crippen LogP contribution in [0.4, 0.5) is 0 Å². The van der Waals surface area contributed by atoms with Crippen LogP contribution >= 0.6 is 11.6 Å². The molecule has 0 amide bonds. The first-order valence-electron chi connectivity index (χ1n) is 5.42. The molecule has 0 N–H and O–H groups in total. The average molecular weight is 203 g/mol. The second kappa shape index (κ2) is 3.43. The molecule has 0 aromatic rings. The first-order valence-corrected chi connectivity index (χ1v) is 5.85. The van der Waals surface area contributed by atoms with Gasteiger partial charge in [-0.15, -0.1) is 11.6 Å². The average Bonchev–Trinajstić information content (AvgIpc) is 2.72. The molecule has 3 atom stereocenters. The van der Waals surface area contributed by atoms with E-state index < -0.39 is 0 Å². The van der Waals surface area contributed by atoms with E-state index in [1.165, 1.54) is 32.1 Å². The number of rotatable bonds is 3. The minimum atomic E-state index is 0.326. The summed E-state index contributed by atoms with van der Waals surface area (Å²) in [7, 11) is 0. The van der Waals surface area contributed by atoms with Gasteiger partial charge in [0.25, 0.3) is 0 Å². The van der Waals surface area contributed by atoms with Gasteiger partial charge in [-0.05, 0) is 51.4 Å². The van der Waals surface area contributed by atoms with Crippen molar-refractivity contribution in [2.24, 2.45) is 5.41 Å². The lowest BCUT2D eigenvalue weighted by Crippen LogP contribution is -2.21. The van der Waals surface area contributed by atoms with Crippen LogP contribution in [0, 0.1) is 5.41 Å². The van der Waals surface area contributed by atoms with Gasteiger partial charge in [-0.3, -0.25) is 0 Å². The van der Waals surface area contributed by atoms with Gasteiger partial charge < -0.3 is 4.74 Å². The summed E-state index contributed by atoms with van der Waals surface area (Å²) in [5, 5.41) is 0.326. The van der Waals surface area contributed by atoms with E-state index in [0.29, 0.717) is 23.0 Å². The van der Waals surface area contributed by atoms with Gasteiger partial charge in [0, 0.05) is 5.38 Å². The molecule has 0 aromatic carbocycles. The second-order valence-corrected chi connectivity index (χ2v) is 5.48. The molecule has 76 valence electrons. The van der Waals surface area contributed by atoms with Gasteiger partial charge in [0.15, 0.2) is 0 Å². The van der Waals surface area contributed by atoms with Gasteiger partial charge in [0.05, 0.1) is 12.2 Å². The Labute approximate surface area is 85.8 Å². The van der Waals surface area contributed by atoms with Gasteiger partial charge in [-0.1, -0.05) is 0 Å². The van der Waals surface area contributed by atoms with Gasteiger partial charge in [0.2, 0.25) is 0 Å². The summed E-state index contributed by atoms with van der Waals surface area (Å²) in [5.74, 6) is 0. The molecule has 0 spiro atoms. The predicted octanol–water partition coefficient (Wildman–Crippen LogP) is 3.35. The van der Waals surface area contributed by atoms with E-state index in [0.717, 1.165) is 0 Å². The Hall–Kier alpha value is 0.250.